The van der Waals surface area contributed by atoms with Crippen LogP contribution in [0.15, 0.2) is 36.4 Å². The van der Waals surface area contributed by atoms with Gasteiger partial charge < -0.3 is 14.7 Å². The molecule has 2 aromatic rings. The van der Waals surface area contributed by atoms with E-state index in [1.54, 1.807) is 18.2 Å². The summed E-state index contributed by atoms with van der Waals surface area (Å²) < 4.78 is 37.8. The van der Waals surface area contributed by atoms with Crippen molar-refractivity contribution < 1.29 is 23.5 Å². The van der Waals surface area contributed by atoms with Crippen molar-refractivity contribution in [3.63, 3.8) is 0 Å². The van der Waals surface area contributed by atoms with Gasteiger partial charge in [0.05, 0.1) is 11.6 Å². The van der Waals surface area contributed by atoms with E-state index in [0.717, 1.165) is 5.56 Å². The quantitative estimate of drug-likeness (QED) is 0.851. The van der Waals surface area contributed by atoms with Gasteiger partial charge in [0.1, 0.15) is 36.3 Å². The van der Waals surface area contributed by atoms with E-state index in [1.165, 1.54) is 18.2 Å². The third-order valence-corrected chi connectivity index (χ3v) is 3.37. The normalized spacial score (nSPS) is 16.4. The summed E-state index contributed by atoms with van der Waals surface area (Å²) in [5, 5.41) is 8.95. The number of halogens is 2. The molecule has 1 aliphatic heterocycles. The van der Waals surface area contributed by atoms with Crippen molar-refractivity contribution in [2.45, 2.75) is 12.6 Å². The molecule has 0 saturated heterocycles. The van der Waals surface area contributed by atoms with Crippen molar-refractivity contribution >= 4 is 0 Å². The highest BCUT2D eigenvalue weighted by atomic mass is 19.1. The highest BCUT2D eigenvalue weighted by molar-refractivity contribution is 5.45. The highest BCUT2D eigenvalue weighted by Gasteiger charge is 2.23. The topological polar surface area (TPSA) is 50.7 Å². The Labute approximate surface area is 119 Å². The summed E-state index contributed by atoms with van der Waals surface area (Å²) >= 11 is 0. The molecule has 2 aromatic carbocycles. The molecule has 1 unspecified atom stereocenters. The van der Waals surface area contributed by atoms with E-state index in [9.17, 15) is 8.78 Å². The lowest BCUT2D eigenvalue weighted by Gasteiger charge is -2.10. The third-order valence-electron chi connectivity index (χ3n) is 3.37. The van der Waals surface area contributed by atoms with Gasteiger partial charge in [-0.15, -0.1) is 0 Å². The fourth-order valence-corrected chi connectivity index (χ4v) is 2.21. The molecular formula is C15H13F2NO3. The SMILES string of the molecule is ONC1COc2cc(OCc3c(F)cccc3F)ccc21. The predicted octanol–water partition coefficient (Wildman–Crippen LogP) is 2.96. The Morgan fingerprint density at radius 2 is 2.00 bits per heavy atom. The Balaban J connectivity index is 1.75. The summed E-state index contributed by atoms with van der Waals surface area (Å²) in [4.78, 5) is 0. The molecular weight excluding hydrogens is 280 g/mol. The molecule has 21 heavy (non-hydrogen) atoms. The zero-order valence-corrected chi connectivity index (χ0v) is 11.0. The maximum Gasteiger partial charge on any atom is 0.132 e. The first-order valence-electron chi connectivity index (χ1n) is 6.41. The molecule has 0 radical (unpaired) electrons. The van der Waals surface area contributed by atoms with Gasteiger partial charge in [0, 0.05) is 11.6 Å². The minimum absolute atomic E-state index is 0.117. The summed E-state index contributed by atoms with van der Waals surface area (Å²) in [7, 11) is 0. The predicted molar refractivity (Wildman–Crippen MR) is 70.3 cm³/mol. The number of hydrogen-bond acceptors (Lipinski definition) is 4. The van der Waals surface area contributed by atoms with E-state index < -0.39 is 11.6 Å². The number of rotatable bonds is 4. The maximum absolute atomic E-state index is 13.5. The van der Waals surface area contributed by atoms with E-state index in [-0.39, 0.29) is 18.2 Å². The first-order valence-corrected chi connectivity index (χ1v) is 6.41. The van der Waals surface area contributed by atoms with Crippen molar-refractivity contribution in [3.05, 3.63) is 59.2 Å². The monoisotopic (exact) mass is 293 g/mol. The smallest absolute Gasteiger partial charge is 0.132 e. The third kappa shape index (κ3) is 2.68. The summed E-state index contributed by atoms with van der Waals surface area (Å²) in [6, 6.07) is 8.43. The number of benzene rings is 2. The molecule has 0 spiro atoms. The fourth-order valence-electron chi connectivity index (χ4n) is 2.21. The van der Waals surface area contributed by atoms with Gasteiger partial charge in [0.15, 0.2) is 0 Å². The minimum Gasteiger partial charge on any atom is -0.491 e. The Bertz CT molecular complexity index is 643. The van der Waals surface area contributed by atoms with E-state index in [4.69, 9.17) is 14.7 Å². The Hall–Kier alpha value is -2.18. The van der Waals surface area contributed by atoms with Crippen LogP contribution in [-0.2, 0) is 6.61 Å². The fraction of sp³-hybridized carbons (Fsp3) is 0.200. The molecule has 2 N–H and O–H groups in total. The molecule has 0 bridgehead atoms. The lowest BCUT2D eigenvalue weighted by molar-refractivity contribution is 0.113. The molecule has 4 nitrogen and oxygen atoms in total. The van der Waals surface area contributed by atoms with Gasteiger partial charge in [-0.2, -0.15) is 5.48 Å². The maximum atomic E-state index is 13.5. The second-order valence-electron chi connectivity index (χ2n) is 4.68. The van der Waals surface area contributed by atoms with Gasteiger partial charge in [-0.1, -0.05) is 6.07 Å². The molecule has 1 aliphatic rings. The molecule has 110 valence electrons. The van der Waals surface area contributed by atoms with Crippen molar-refractivity contribution in [3.8, 4) is 11.5 Å². The van der Waals surface area contributed by atoms with Crippen molar-refractivity contribution in [2.24, 2.45) is 0 Å². The zero-order chi connectivity index (χ0) is 14.8. The van der Waals surface area contributed by atoms with Crippen molar-refractivity contribution in [2.75, 3.05) is 6.61 Å². The molecule has 0 aromatic heterocycles. The molecule has 0 fully saturated rings. The van der Waals surface area contributed by atoms with Gasteiger partial charge in [0.25, 0.3) is 0 Å². The largest absolute Gasteiger partial charge is 0.491 e. The van der Waals surface area contributed by atoms with Crippen LogP contribution in [0, 0.1) is 11.6 Å². The number of hydrogen-bond donors (Lipinski definition) is 2. The van der Waals surface area contributed by atoms with Crippen LogP contribution in [0.2, 0.25) is 0 Å². The van der Waals surface area contributed by atoms with Gasteiger partial charge in [-0.3, -0.25) is 0 Å². The van der Waals surface area contributed by atoms with E-state index in [2.05, 4.69) is 5.48 Å². The van der Waals surface area contributed by atoms with E-state index >= 15 is 0 Å². The minimum atomic E-state index is -0.642. The van der Waals surface area contributed by atoms with Gasteiger partial charge >= 0.3 is 0 Å². The van der Waals surface area contributed by atoms with Crippen LogP contribution in [0.3, 0.4) is 0 Å². The average Bonchev–Trinajstić information content (AvgIpc) is 2.89. The molecule has 0 amide bonds. The van der Waals surface area contributed by atoms with Crippen LogP contribution in [-0.4, -0.2) is 11.8 Å². The molecule has 6 heteroatoms. The van der Waals surface area contributed by atoms with Crippen LogP contribution in [0.4, 0.5) is 8.78 Å². The second kappa shape index (κ2) is 5.67. The standard InChI is InChI=1S/C15H13F2NO3/c16-12-2-1-3-13(17)11(12)7-20-9-4-5-10-14(18-19)8-21-15(10)6-9/h1-6,14,18-19H,7-8H2. The van der Waals surface area contributed by atoms with Crippen LogP contribution < -0.4 is 15.0 Å². The zero-order valence-electron chi connectivity index (χ0n) is 11.0. The number of ether oxygens (including phenoxy) is 2. The lowest BCUT2D eigenvalue weighted by atomic mass is 10.1. The molecule has 0 saturated carbocycles. The first-order chi connectivity index (χ1) is 10.2. The average molecular weight is 293 g/mol. The van der Waals surface area contributed by atoms with Gasteiger partial charge in [-0.05, 0) is 24.3 Å². The Morgan fingerprint density at radius 1 is 1.24 bits per heavy atom. The highest BCUT2D eigenvalue weighted by Crippen LogP contribution is 2.35. The Kier molecular flexibility index (Phi) is 3.72. The van der Waals surface area contributed by atoms with Crippen LogP contribution >= 0.6 is 0 Å². The second-order valence-corrected chi connectivity index (χ2v) is 4.68. The first kappa shape index (κ1) is 13.8. The molecule has 1 heterocycles. The number of fused-ring (bicyclic) bond motifs is 1. The van der Waals surface area contributed by atoms with E-state index in [1.807, 2.05) is 0 Å². The summed E-state index contributed by atoms with van der Waals surface area (Å²) in [6.45, 7) is 0.107. The van der Waals surface area contributed by atoms with Gasteiger partial charge in [0.2, 0.25) is 0 Å². The summed E-state index contributed by atoms with van der Waals surface area (Å²) in [5.41, 5.74) is 2.84. The van der Waals surface area contributed by atoms with Crippen molar-refractivity contribution in [1.29, 1.82) is 0 Å². The molecule has 1 atom stereocenters. The van der Waals surface area contributed by atoms with Gasteiger partial charge in [-0.25, -0.2) is 8.78 Å². The number of nitrogens with one attached hydrogen (secondary N) is 1. The molecule has 0 aliphatic carbocycles. The van der Waals surface area contributed by atoms with Crippen LogP contribution in [0.5, 0.6) is 11.5 Å². The number of hydroxylamine groups is 1. The summed E-state index contributed by atoms with van der Waals surface area (Å²) in [6.07, 6.45) is 0. The molecule has 3 rings (SSSR count). The summed E-state index contributed by atoms with van der Waals surface area (Å²) in [5.74, 6) is -0.267. The van der Waals surface area contributed by atoms with Crippen LogP contribution in [0.25, 0.3) is 0 Å². The lowest BCUT2D eigenvalue weighted by Crippen LogP contribution is -2.17. The van der Waals surface area contributed by atoms with Crippen molar-refractivity contribution in [1.82, 2.24) is 5.48 Å². The van der Waals surface area contributed by atoms with E-state index in [0.29, 0.717) is 18.1 Å². The Morgan fingerprint density at radius 3 is 2.71 bits per heavy atom. The van der Waals surface area contributed by atoms with Crippen LogP contribution in [0.1, 0.15) is 17.2 Å².